The van der Waals surface area contributed by atoms with Gasteiger partial charge in [0, 0.05) is 0 Å². The second kappa shape index (κ2) is 4.09. The normalized spacial score (nSPS) is 14.3. The zero-order chi connectivity index (χ0) is 10.7. The third kappa shape index (κ3) is 1.81. The first-order valence-corrected chi connectivity index (χ1v) is 4.71. The molecule has 0 aromatic heterocycles. The number of allylic oxidation sites excluding steroid dienone is 2. The van der Waals surface area contributed by atoms with Crippen LogP contribution in [0.5, 0.6) is 11.5 Å². The molecule has 1 aromatic rings. The summed E-state index contributed by atoms with van der Waals surface area (Å²) in [6.45, 7) is 0. The van der Waals surface area contributed by atoms with Crippen molar-refractivity contribution in [3.05, 3.63) is 42.2 Å². The molecule has 0 bridgehead atoms. The maximum absolute atomic E-state index is 9.87. The molecular formula is C12H12O3. The molecule has 0 fully saturated rings. The van der Waals surface area contributed by atoms with E-state index in [4.69, 9.17) is 9.47 Å². The van der Waals surface area contributed by atoms with Crippen molar-refractivity contribution >= 4 is 5.76 Å². The summed E-state index contributed by atoms with van der Waals surface area (Å²) in [5.74, 6) is 1.22. The van der Waals surface area contributed by atoms with Gasteiger partial charge in [-0.3, -0.25) is 0 Å². The van der Waals surface area contributed by atoms with E-state index in [2.05, 4.69) is 0 Å². The van der Waals surface area contributed by atoms with Gasteiger partial charge in [-0.1, -0.05) is 6.07 Å². The fraction of sp³-hybridized carbons (Fsp3) is 0.167. The van der Waals surface area contributed by atoms with Crippen molar-refractivity contribution < 1.29 is 14.6 Å². The van der Waals surface area contributed by atoms with Gasteiger partial charge in [0.05, 0.1) is 18.9 Å². The highest BCUT2D eigenvalue weighted by Crippen LogP contribution is 2.35. The first kappa shape index (κ1) is 9.65. The molecule has 0 saturated carbocycles. The summed E-state index contributed by atoms with van der Waals surface area (Å²) in [5.41, 5.74) is 0.652. The standard InChI is InChI=1S/C12H12O3/c1-14-11-7-4-5-9(12(11)13)10-6-2-3-8-15-10/h3-8,13H,2H2,1H3. The second-order valence-electron chi connectivity index (χ2n) is 3.15. The number of aromatic hydroxyl groups is 1. The first-order valence-electron chi connectivity index (χ1n) is 4.71. The molecule has 3 nitrogen and oxygen atoms in total. The molecule has 0 aliphatic carbocycles. The Morgan fingerprint density at radius 3 is 2.93 bits per heavy atom. The lowest BCUT2D eigenvalue weighted by Crippen LogP contribution is -1.93. The van der Waals surface area contributed by atoms with Crippen LogP contribution in [0.2, 0.25) is 0 Å². The fourth-order valence-electron chi connectivity index (χ4n) is 1.46. The highest BCUT2D eigenvalue weighted by molar-refractivity contribution is 5.69. The van der Waals surface area contributed by atoms with Crippen molar-refractivity contribution in [3.63, 3.8) is 0 Å². The summed E-state index contributed by atoms with van der Waals surface area (Å²) in [6, 6.07) is 5.32. The number of phenolic OH excluding ortho intramolecular Hbond substituents is 1. The summed E-state index contributed by atoms with van der Waals surface area (Å²) in [5, 5.41) is 9.87. The third-order valence-electron chi connectivity index (χ3n) is 2.21. The number of rotatable bonds is 2. The van der Waals surface area contributed by atoms with Gasteiger partial charge in [0.25, 0.3) is 0 Å². The Bertz CT molecular complexity index is 419. The predicted molar refractivity (Wildman–Crippen MR) is 57.5 cm³/mol. The van der Waals surface area contributed by atoms with Crippen molar-refractivity contribution in [2.45, 2.75) is 6.42 Å². The van der Waals surface area contributed by atoms with E-state index in [1.165, 1.54) is 7.11 Å². The van der Waals surface area contributed by atoms with E-state index in [0.717, 1.165) is 6.42 Å². The summed E-state index contributed by atoms with van der Waals surface area (Å²) in [4.78, 5) is 0. The van der Waals surface area contributed by atoms with Crippen LogP contribution < -0.4 is 4.74 Å². The average Bonchev–Trinajstić information content (AvgIpc) is 2.30. The van der Waals surface area contributed by atoms with Crippen LogP contribution in [0, 0.1) is 0 Å². The zero-order valence-corrected chi connectivity index (χ0v) is 8.43. The van der Waals surface area contributed by atoms with Crippen molar-refractivity contribution in [2.75, 3.05) is 7.11 Å². The zero-order valence-electron chi connectivity index (χ0n) is 8.43. The highest BCUT2D eigenvalue weighted by atomic mass is 16.5. The van der Waals surface area contributed by atoms with Crippen LogP contribution in [0.1, 0.15) is 12.0 Å². The monoisotopic (exact) mass is 204 g/mol. The molecule has 78 valence electrons. The minimum atomic E-state index is 0.113. The van der Waals surface area contributed by atoms with E-state index in [9.17, 15) is 5.11 Å². The van der Waals surface area contributed by atoms with E-state index in [-0.39, 0.29) is 5.75 Å². The molecule has 0 atom stereocenters. The van der Waals surface area contributed by atoms with Crippen LogP contribution >= 0.6 is 0 Å². The van der Waals surface area contributed by atoms with Crippen molar-refractivity contribution in [2.24, 2.45) is 0 Å². The molecule has 0 unspecified atom stereocenters. The quantitative estimate of drug-likeness (QED) is 0.804. The molecule has 2 rings (SSSR count). The average molecular weight is 204 g/mol. The van der Waals surface area contributed by atoms with Crippen molar-refractivity contribution in [1.29, 1.82) is 0 Å². The minimum absolute atomic E-state index is 0.113. The molecule has 3 heteroatoms. The summed E-state index contributed by atoms with van der Waals surface area (Å²) in [6.07, 6.45) is 6.25. The Balaban J connectivity index is 2.39. The number of phenols is 1. The fourth-order valence-corrected chi connectivity index (χ4v) is 1.46. The Morgan fingerprint density at radius 1 is 1.40 bits per heavy atom. The van der Waals surface area contributed by atoms with Crippen LogP contribution in [0.3, 0.4) is 0 Å². The van der Waals surface area contributed by atoms with Gasteiger partial charge in [0.1, 0.15) is 5.76 Å². The maximum Gasteiger partial charge on any atom is 0.168 e. The topological polar surface area (TPSA) is 38.7 Å². The Morgan fingerprint density at radius 2 is 2.27 bits per heavy atom. The van der Waals surface area contributed by atoms with E-state index >= 15 is 0 Å². The SMILES string of the molecule is COc1cccc(C2=CCC=CO2)c1O. The van der Waals surface area contributed by atoms with E-state index in [1.807, 2.05) is 18.2 Å². The van der Waals surface area contributed by atoms with Gasteiger partial charge < -0.3 is 14.6 Å². The summed E-state index contributed by atoms with van der Waals surface area (Å²) >= 11 is 0. The van der Waals surface area contributed by atoms with Crippen LogP contribution in [0.25, 0.3) is 5.76 Å². The molecule has 1 aliphatic heterocycles. The van der Waals surface area contributed by atoms with Gasteiger partial charge in [0.2, 0.25) is 0 Å². The lowest BCUT2D eigenvalue weighted by Gasteiger charge is -2.13. The number of para-hydroxylation sites is 1. The molecule has 1 heterocycles. The van der Waals surface area contributed by atoms with E-state index < -0.39 is 0 Å². The number of benzene rings is 1. The number of hydrogen-bond acceptors (Lipinski definition) is 3. The van der Waals surface area contributed by atoms with Crippen molar-refractivity contribution in [3.8, 4) is 11.5 Å². The lowest BCUT2D eigenvalue weighted by atomic mass is 10.1. The van der Waals surface area contributed by atoms with Gasteiger partial charge in [-0.15, -0.1) is 0 Å². The Labute approximate surface area is 88.3 Å². The van der Waals surface area contributed by atoms with Gasteiger partial charge in [-0.05, 0) is 30.7 Å². The molecule has 0 saturated heterocycles. The van der Waals surface area contributed by atoms with Crippen LogP contribution in [0.15, 0.2) is 36.6 Å². The second-order valence-corrected chi connectivity index (χ2v) is 3.15. The molecule has 0 amide bonds. The maximum atomic E-state index is 9.87. The van der Waals surface area contributed by atoms with Crippen LogP contribution in [0.4, 0.5) is 0 Å². The minimum Gasteiger partial charge on any atom is -0.504 e. The molecule has 1 aromatic carbocycles. The lowest BCUT2D eigenvalue weighted by molar-refractivity contribution is 0.368. The number of ether oxygens (including phenoxy) is 2. The summed E-state index contributed by atoms with van der Waals surface area (Å²) in [7, 11) is 1.52. The largest absolute Gasteiger partial charge is 0.504 e. The highest BCUT2D eigenvalue weighted by Gasteiger charge is 2.12. The smallest absolute Gasteiger partial charge is 0.168 e. The Kier molecular flexibility index (Phi) is 2.63. The van der Waals surface area contributed by atoms with E-state index in [1.54, 1.807) is 18.4 Å². The molecule has 1 aliphatic rings. The van der Waals surface area contributed by atoms with Crippen molar-refractivity contribution in [1.82, 2.24) is 0 Å². The summed E-state index contributed by atoms with van der Waals surface area (Å²) < 4.78 is 10.3. The number of methoxy groups -OCH3 is 1. The van der Waals surface area contributed by atoms with Gasteiger partial charge in [0.15, 0.2) is 11.5 Å². The Hall–Kier alpha value is -1.90. The molecule has 0 spiro atoms. The molecule has 1 N–H and O–H groups in total. The number of hydrogen-bond donors (Lipinski definition) is 1. The van der Waals surface area contributed by atoms with Gasteiger partial charge in [-0.25, -0.2) is 0 Å². The predicted octanol–water partition coefficient (Wildman–Crippen LogP) is 2.68. The van der Waals surface area contributed by atoms with Gasteiger partial charge in [-0.2, -0.15) is 0 Å². The molecule has 15 heavy (non-hydrogen) atoms. The third-order valence-corrected chi connectivity index (χ3v) is 2.21. The van der Waals surface area contributed by atoms with Crippen LogP contribution in [-0.4, -0.2) is 12.2 Å². The first-order chi connectivity index (χ1) is 7.33. The van der Waals surface area contributed by atoms with Crippen LogP contribution in [-0.2, 0) is 4.74 Å². The van der Waals surface area contributed by atoms with Gasteiger partial charge >= 0.3 is 0 Å². The van der Waals surface area contributed by atoms with E-state index in [0.29, 0.717) is 17.1 Å². The molecule has 0 radical (unpaired) electrons. The molecular weight excluding hydrogens is 192 g/mol.